The van der Waals surface area contributed by atoms with E-state index in [1.54, 1.807) is 11.0 Å². The molecule has 27 heavy (non-hydrogen) atoms. The molecule has 144 valence electrons. The van der Waals surface area contributed by atoms with Crippen LogP contribution < -0.4 is 9.80 Å². The van der Waals surface area contributed by atoms with Gasteiger partial charge in [0.05, 0.1) is 0 Å². The van der Waals surface area contributed by atoms with Crippen LogP contribution in [-0.2, 0) is 0 Å². The zero-order chi connectivity index (χ0) is 19.4. The van der Waals surface area contributed by atoms with Gasteiger partial charge in [-0.3, -0.25) is 4.79 Å². The summed E-state index contributed by atoms with van der Waals surface area (Å²) >= 11 is 6.11. The summed E-state index contributed by atoms with van der Waals surface area (Å²) in [4.78, 5) is 28.0. The van der Waals surface area contributed by atoms with E-state index in [9.17, 15) is 4.79 Å². The molecule has 0 N–H and O–H groups in total. The number of hydrogen-bond acceptors (Lipinski definition) is 5. The number of piperazine rings is 1. The van der Waals surface area contributed by atoms with E-state index in [2.05, 4.69) is 25.8 Å². The van der Waals surface area contributed by atoms with Crippen LogP contribution in [0.1, 0.15) is 30.0 Å². The number of carbonyl (C=O) groups excluding carboxylic acids is 1. The van der Waals surface area contributed by atoms with Crippen LogP contribution in [-0.4, -0.2) is 60.0 Å². The highest BCUT2D eigenvalue weighted by Crippen LogP contribution is 2.22. The number of nitrogens with zero attached hydrogens (tertiary/aromatic N) is 5. The first-order chi connectivity index (χ1) is 13.0. The Morgan fingerprint density at radius 3 is 2.37 bits per heavy atom. The van der Waals surface area contributed by atoms with Gasteiger partial charge in [0.1, 0.15) is 5.69 Å². The molecule has 1 aliphatic rings. The van der Waals surface area contributed by atoms with Crippen molar-refractivity contribution < 1.29 is 4.79 Å². The van der Waals surface area contributed by atoms with E-state index in [0.717, 1.165) is 42.6 Å². The number of aryl methyl sites for hydroxylation is 1. The van der Waals surface area contributed by atoms with E-state index in [-0.39, 0.29) is 5.91 Å². The van der Waals surface area contributed by atoms with Crippen LogP contribution in [0.3, 0.4) is 0 Å². The maximum Gasteiger partial charge on any atom is 0.272 e. The summed E-state index contributed by atoms with van der Waals surface area (Å²) in [6.07, 6.45) is 0. The monoisotopic (exact) mass is 387 g/mol. The van der Waals surface area contributed by atoms with Crippen LogP contribution in [0.5, 0.6) is 0 Å². The van der Waals surface area contributed by atoms with Gasteiger partial charge in [-0.2, -0.15) is 0 Å². The molecule has 0 radical (unpaired) electrons. The van der Waals surface area contributed by atoms with Gasteiger partial charge in [-0.1, -0.05) is 17.7 Å². The zero-order valence-corrected chi connectivity index (χ0v) is 16.9. The van der Waals surface area contributed by atoms with Gasteiger partial charge in [0, 0.05) is 55.7 Å². The Hall–Kier alpha value is -2.34. The minimum atomic E-state index is -0.0377. The van der Waals surface area contributed by atoms with Gasteiger partial charge in [0.15, 0.2) is 0 Å². The Morgan fingerprint density at radius 1 is 1.07 bits per heavy atom. The van der Waals surface area contributed by atoms with Crippen molar-refractivity contribution in [2.75, 3.05) is 49.1 Å². The number of halogens is 1. The number of anilines is 2. The van der Waals surface area contributed by atoms with Crippen molar-refractivity contribution in [1.82, 2.24) is 14.9 Å². The largest absolute Gasteiger partial charge is 0.368 e. The lowest BCUT2D eigenvalue weighted by atomic mass is 10.2. The van der Waals surface area contributed by atoms with Crippen molar-refractivity contribution in [3.8, 4) is 0 Å². The molecule has 0 atom stereocenters. The van der Waals surface area contributed by atoms with Gasteiger partial charge in [-0.05, 0) is 45.0 Å². The van der Waals surface area contributed by atoms with Crippen LogP contribution >= 0.6 is 11.6 Å². The molecule has 1 amide bonds. The van der Waals surface area contributed by atoms with Crippen LogP contribution in [0.25, 0.3) is 0 Å². The Bertz CT molecular complexity index is 801. The smallest absolute Gasteiger partial charge is 0.272 e. The molecule has 0 saturated carbocycles. The average Bonchev–Trinajstić information content (AvgIpc) is 2.68. The minimum absolute atomic E-state index is 0.0377. The molecule has 0 spiro atoms. The van der Waals surface area contributed by atoms with Crippen LogP contribution in [0.2, 0.25) is 5.02 Å². The third-order valence-electron chi connectivity index (χ3n) is 4.85. The van der Waals surface area contributed by atoms with Crippen molar-refractivity contribution in [2.24, 2.45) is 0 Å². The SMILES string of the molecule is CCN(CC)C(=O)c1cc(C)nc(N2CCN(c3cccc(Cl)c3)CC2)n1. The normalized spacial score (nSPS) is 14.4. The third kappa shape index (κ3) is 4.50. The molecule has 0 bridgehead atoms. The quantitative estimate of drug-likeness (QED) is 0.788. The van der Waals surface area contributed by atoms with E-state index >= 15 is 0 Å². The van der Waals surface area contributed by atoms with E-state index in [1.165, 1.54) is 0 Å². The van der Waals surface area contributed by atoms with Gasteiger partial charge < -0.3 is 14.7 Å². The second-order valence-corrected chi connectivity index (χ2v) is 7.06. The van der Waals surface area contributed by atoms with Crippen LogP contribution in [0.4, 0.5) is 11.6 Å². The number of amides is 1. The fourth-order valence-corrected chi connectivity index (χ4v) is 3.50. The number of hydrogen-bond donors (Lipinski definition) is 0. The molecule has 2 heterocycles. The van der Waals surface area contributed by atoms with E-state index in [1.807, 2.05) is 39.0 Å². The maximum absolute atomic E-state index is 12.7. The van der Waals surface area contributed by atoms with Gasteiger partial charge in [-0.25, -0.2) is 9.97 Å². The predicted octanol–water partition coefficient (Wildman–Crippen LogP) is 3.25. The lowest BCUT2D eigenvalue weighted by Gasteiger charge is -2.36. The molecule has 0 aliphatic carbocycles. The van der Waals surface area contributed by atoms with Crippen molar-refractivity contribution in [3.63, 3.8) is 0 Å². The summed E-state index contributed by atoms with van der Waals surface area (Å²) in [6.45, 7) is 10.5. The number of carbonyl (C=O) groups is 1. The number of rotatable bonds is 5. The summed E-state index contributed by atoms with van der Waals surface area (Å²) in [5, 5.41) is 0.747. The molecule has 7 heteroatoms. The molecule has 1 fully saturated rings. The molecule has 3 rings (SSSR count). The topological polar surface area (TPSA) is 52.6 Å². The maximum atomic E-state index is 12.7. The number of benzene rings is 1. The Balaban J connectivity index is 1.73. The lowest BCUT2D eigenvalue weighted by molar-refractivity contribution is 0.0767. The Morgan fingerprint density at radius 2 is 1.74 bits per heavy atom. The second kappa shape index (κ2) is 8.57. The minimum Gasteiger partial charge on any atom is -0.368 e. The van der Waals surface area contributed by atoms with Crippen LogP contribution in [0.15, 0.2) is 30.3 Å². The molecule has 1 aromatic carbocycles. The molecular formula is C20H26ClN5O. The summed E-state index contributed by atoms with van der Waals surface area (Å²) in [5.74, 6) is 0.598. The molecule has 0 unspecified atom stereocenters. The second-order valence-electron chi connectivity index (χ2n) is 6.63. The first kappa shape index (κ1) is 19.4. The predicted molar refractivity (Wildman–Crippen MR) is 110 cm³/mol. The molecule has 1 aromatic heterocycles. The summed E-state index contributed by atoms with van der Waals surface area (Å²) in [6, 6.07) is 9.69. The Labute approximate surface area is 165 Å². The molecule has 2 aromatic rings. The van der Waals surface area contributed by atoms with Crippen molar-refractivity contribution in [1.29, 1.82) is 0 Å². The fraction of sp³-hybridized carbons (Fsp3) is 0.450. The van der Waals surface area contributed by atoms with Crippen molar-refractivity contribution in [2.45, 2.75) is 20.8 Å². The fourth-order valence-electron chi connectivity index (χ4n) is 3.31. The highest BCUT2D eigenvalue weighted by atomic mass is 35.5. The van der Waals surface area contributed by atoms with Crippen molar-refractivity contribution in [3.05, 3.63) is 46.7 Å². The molecule has 6 nitrogen and oxygen atoms in total. The van der Waals surface area contributed by atoms with E-state index in [0.29, 0.717) is 24.7 Å². The highest BCUT2D eigenvalue weighted by molar-refractivity contribution is 6.30. The highest BCUT2D eigenvalue weighted by Gasteiger charge is 2.22. The third-order valence-corrected chi connectivity index (χ3v) is 5.08. The molecular weight excluding hydrogens is 362 g/mol. The Kier molecular flexibility index (Phi) is 6.16. The van der Waals surface area contributed by atoms with Crippen LogP contribution in [0, 0.1) is 6.92 Å². The summed E-state index contributed by atoms with van der Waals surface area (Å²) < 4.78 is 0. The lowest BCUT2D eigenvalue weighted by Crippen LogP contribution is -2.47. The first-order valence-corrected chi connectivity index (χ1v) is 9.80. The standard InChI is InChI=1S/C20H26ClN5O/c1-4-24(5-2)19(27)18-13-15(3)22-20(23-18)26-11-9-25(10-12-26)17-8-6-7-16(21)14-17/h6-8,13-14H,4-5,9-12H2,1-3H3. The van der Waals surface area contributed by atoms with Gasteiger partial charge in [0.25, 0.3) is 5.91 Å². The van der Waals surface area contributed by atoms with Gasteiger partial charge >= 0.3 is 0 Å². The average molecular weight is 388 g/mol. The van der Waals surface area contributed by atoms with E-state index < -0.39 is 0 Å². The molecule has 1 saturated heterocycles. The zero-order valence-electron chi connectivity index (χ0n) is 16.2. The molecule has 1 aliphatic heterocycles. The van der Waals surface area contributed by atoms with Crippen molar-refractivity contribution >= 4 is 29.1 Å². The van der Waals surface area contributed by atoms with E-state index in [4.69, 9.17) is 11.6 Å². The summed E-state index contributed by atoms with van der Waals surface area (Å²) in [5.41, 5.74) is 2.41. The first-order valence-electron chi connectivity index (χ1n) is 9.42. The summed E-state index contributed by atoms with van der Waals surface area (Å²) in [7, 11) is 0. The number of aromatic nitrogens is 2. The van der Waals surface area contributed by atoms with Gasteiger partial charge in [0.2, 0.25) is 5.95 Å². The van der Waals surface area contributed by atoms with Gasteiger partial charge in [-0.15, -0.1) is 0 Å².